The Morgan fingerprint density at radius 3 is 2.48 bits per heavy atom. The predicted octanol–water partition coefficient (Wildman–Crippen LogP) is 3.40. The maximum atomic E-state index is 11.8. The molecule has 0 bridgehead atoms. The number of aldehydes is 1. The summed E-state index contributed by atoms with van der Waals surface area (Å²) in [5, 5.41) is 0.552. The van der Waals surface area contributed by atoms with Crippen LogP contribution in [0.2, 0.25) is 5.02 Å². The first kappa shape index (κ1) is 16.8. The van der Waals surface area contributed by atoms with E-state index in [-0.39, 0.29) is 13.2 Å². The van der Waals surface area contributed by atoms with Crippen molar-refractivity contribution in [2.24, 2.45) is 0 Å². The fraction of sp³-hybridized carbons (Fsp3) is 0.176. The van der Waals surface area contributed by atoms with Crippen molar-refractivity contribution < 1.29 is 23.8 Å². The number of hydrogen-bond acceptors (Lipinski definition) is 5. The summed E-state index contributed by atoms with van der Waals surface area (Å²) in [5.41, 5.74) is 0.908. The first-order chi connectivity index (χ1) is 11.1. The number of esters is 1. The van der Waals surface area contributed by atoms with Gasteiger partial charge in [0.1, 0.15) is 19.5 Å². The van der Waals surface area contributed by atoms with Crippen LogP contribution in [0.4, 0.5) is 0 Å². The molecule has 0 heterocycles. The van der Waals surface area contributed by atoms with Gasteiger partial charge in [-0.3, -0.25) is 4.79 Å². The Labute approximate surface area is 138 Å². The molecule has 0 unspecified atom stereocenters. The van der Waals surface area contributed by atoms with Crippen molar-refractivity contribution in [3.8, 4) is 11.5 Å². The zero-order valence-corrected chi connectivity index (χ0v) is 13.2. The van der Waals surface area contributed by atoms with Crippen LogP contribution in [0.1, 0.15) is 20.7 Å². The fourth-order valence-electron chi connectivity index (χ4n) is 1.83. The van der Waals surface area contributed by atoms with E-state index in [9.17, 15) is 9.59 Å². The van der Waals surface area contributed by atoms with Crippen molar-refractivity contribution in [1.29, 1.82) is 0 Å². The minimum absolute atomic E-state index is 0.0834. The molecule has 0 fully saturated rings. The predicted molar refractivity (Wildman–Crippen MR) is 85.6 cm³/mol. The molecule has 0 amide bonds. The summed E-state index contributed by atoms with van der Waals surface area (Å²) in [6, 6.07) is 11.2. The third-order valence-electron chi connectivity index (χ3n) is 2.98. The second kappa shape index (κ2) is 8.19. The molecular weight excluding hydrogens is 320 g/mol. The Morgan fingerprint density at radius 1 is 1.09 bits per heavy atom. The second-order valence-corrected chi connectivity index (χ2v) is 4.96. The van der Waals surface area contributed by atoms with Crippen LogP contribution in [-0.2, 0) is 4.74 Å². The normalized spacial score (nSPS) is 10.0. The van der Waals surface area contributed by atoms with Gasteiger partial charge in [-0.15, -0.1) is 0 Å². The summed E-state index contributed by atoms with van der Waals surface area (Å²) in [5.74, 6) is 0.466. The van der Waals surface area contributed by atoms with Gasteiger partial charge in [0.2, 0.25) is 0 Å². The molecular formula is C17H15ClO5. The van der Waals surface area contributed by atoms with Crippen LogP contribution in [-0.4, -0.2) is 32.6 Å². The van der Waals surface area contributed by atoms with Gasteiger partial charge in [0.05, 0.1) is 12.7 Å². The average Bonchev–Trinajstić information content (AvgIpc) is 2.59. The number of rotatable bonds is 7. The average molecular weight is 335 g/mol. The van der Waals surface area contributed by atoms with Crippen molar-refractivity contribution >= 4 is 23.9 Å². The highest BCUT2D eigenvalue weighted by atomic mass is 35.5. The Balaban J connectivity index is 1.84. The summed E-state index contributed by atoms with van der Waals surface area (Å²) in [6.07, 6.45) is 0.722. The van der Waals surface area contributed by atoms with E-state index in [2.05, 4.69) is 0 Å². The molecule has 0 aliphatic carbocycles. The van der Waals surface area contributed by atoms with Gasteiger partial charge in [0, 0.05) is 10.6 Å². The molecule has 6 heteroatoms. The minimum Gasteiger partial charge on any atom is -0.493 e. The van der Waals surface area contributed by atoms with Crippen molar-refractivity contribution in [2.45, 2.75) is 0 Å². The highest BCUT2D eigenvalue weighted by Crippen LogP contribution is 2.27. The molecule has 2 aromatic rings. The van der Waals surface area contributed by atoms with Crippen LogP contribution < -0.4 is 9.47 Å². The molecule has 0 radical (unpaired) electrons. The Morgan fingerprint density at radius 2 is 1.83 bits per heavy atom. The Bertz CT molecular complexity index is 682. The number of halogens is 1. The van der Waals surface area contributed by atoms with E-state index in [4.69, 9.17) is 25.8 Å². The lowest BCUT2D eigenvalue weighted by molar-refractivity contribution is 0.0449. The van der Waals surface area contributed by atoms with Gasteiger partial charge in [-0.1, -0.05) is 11.6 Å². The minimum atomic E-state index is -0.450. The lowest BCUT2D eigenvalue weighted by atomic mass is 10.2. The zero-order chi connectivity index (χ0) is 16.7. The van der Waals surface area contributed by atoms with Gasteiger partial charge in [0.25, 0.3) is 0 Å². The molecule has 0 aromatic heterocycles. The van der Waals surface area contributed by atoms with E-state index in [1.165, 1.54) is 7.11 Å². The third-order valence-corrected chi connectivity index (χ3v) is 3.23. The number of ether oxygens (including phenoxy) is 3. The lowest BCUT2D eigenvalue weighted by Crippen LogP contribution is -2.12. The molecule has 0 aliphatic rings. The van der Waals surface area contributed by atoms with Gasteiger partial charge in [-0.2, -0.15) is 0 Å². The molecule has 0 saturated carbocycles. The number of methoxy groups -OCH3 is 1. The van der Waals surface area contributed by atoms with E-state index < -0.39 is 5.97 Å². The zero-order valence-electron chi connectivity index (χ0n) is 12.5. The first-order valence-corrected chi connectivity index (χ1v) is 7.20. The van der Waals surface area contributed by atoms with E-state index >= 15 is 0 Å². The van der Waals surface area contributed by atoms with Crippen LogP contribution in [0.3, 0.4) is 0 Å². The Kier molecular flexibility index (Phi) is 6.00. The van der Waals surface area contributed by atoms with Crippen molar-refractivity contribution in [3.05, 3.63) is 58.6 Å². The van der Waals surface area contributed by atoms with Gasteiger partial charge in [-0.25, -0.2) is 4.79 Å². The molecule has 0 N–H and O–H groups in total. The maximum Gasteiger partial charge on any atom is 0.338 e. The summed E-state index contributed by atoms with van der Waals surface area (Å²) < 4.78 is 15.7. The van der Waals surface area contributed by atoms with Crippen LogP contribution >= 0.6 is 11.6 Å². The van der Waals surface area contributed by atoms with Gasteiger partial charge < -0.3 is 14.2 Å². The monoisotopic (exact) mass is 334 g/mol. The van der Waals surface area contributed by atoms with Crippen LogP contribution in [0.15, 0.2) is 42.5 Å². The molecule has 0 saturated heterocycles. The first-order valence-electron chi connectivity index (χ1n) is 6.82. The van der Waals surface area contributed by atoms with Crippen LogP contribution in [0.5, 0.6) is 11.5 Å². The number of benzene rings is 2. The van der Waals surface area contributed by atoms with Gasteiger partial charge in [0.15, 0.2) is 11.5 Å². The largest absolute Gasteiger partial charge is 0.493 e. The summed E-state index contributed by atoms with van der Waals surface area (Å²) >= 11 is 5.76. The van der Waals surface area contributed by atoms with Crippen LogP contribution in [0, 0.1) is 0 Å². The molecule has 2 aromatic carbocycles. The quantitative estimate of drug-likeness (QED) is 0.441. The van der Waals surface area contributed by atoms with E-state index in [1.54, 1.807) is 42.5 Å². The highest BCUT2D eigenvalue weighted by Gasteiger charge is 2.08. The van der Waals surface area contributed by atoms with Gasteiger partial charge >= 0.3 is 5.97 Å². The molecule has 5 nitrogen and oxygen atoms in total. The van der Waals surface area contributed by atoms with Crippen molar-refractivity contribution in [1.82, 2.24) is 0 Å². The molecule has 23 heavy (non-hydrogen) atoms. The molecule has 120 valence electrons. The van der Waals surface area contributed by atoms with E-state index in [0.29, 0.717) is 27.6 Å². The summed E-state index contributed by atoms with van der Waals surface area (Å²) in [4.78, 5) is 22.5. The molecule has 0 aliphatic heterocycles. The third kappa shape index (κ3) is 4.72. The SMILES string of the molecule is COc1cc(C=O)ccc1OCCOC(=O)c1ccc(Cl)cc1. The van der Waals surface area contributed by atoms with Crippen molar-refractivity contribution in [3.63, 3.8) is 0 Å². The maximum absolute atomic E-state index is 11.8. The van der Waals surface area contributed by atoms with Gasteiger partial charge in [-0.05, 0) is 42.5 Å². The lowest BCUT2D eigenvalue weighted by Gasteiger charge is -2.11. The number of carbonyl (C=O) groups excluding carboxylic acids is 2. The van der Waals surface area contributed by atoms with Crippen molar-refractivity contribution in [2.75, 3.05) is 20.3 Å². The van der Waals surface area contributed by atoms with E-state index in [0.717, 1.165) is 6.29 Å². The van der Waals surface area contributed by atoms with E-state index in [1.807, 2.05) is 0 Å². The molecule has 2 rings (SSSR count). The summed E-state index contributed by atoms with van der Waals surface area (Å²) in [6.45, 7) is 0.246. The topological polar surface area (TPSA) is 61.8 Å². The smallest absolute Gasteiger partial charge is 0.338 e. The van der Waals surface area contributed by atoms with Crippen LogP contribution in [0.25, 0.3) is 0 Å². The summed E-state index contributed by atoms with van der Waals surface area (Å²) in [7, 11) is 1.48. The standard InChI is InChI=1S/C17H15ClO5/c1-21-16-10-12(11-19)2-7-15(16)22-8-9-23-17(20)13-3-5-14(18)6-4-13/h2-7,10-11H,8-9H2,1H3. The fourth-order valence-corrected chi connectivity index (χ4v) is 1.96. The highest BCUT2D eigenvalue weighted by molar-refractivity contribution is 6.30. The molecule has 0 atom stereocenters. The molecule has 0 spiro atoms. The Hall–Kier alpha value is -2.53. The number of carbonyl (C=O) groups is 2. The second-order valence-electron chi connectivity index (χ2n) is 4.52. The number of hydrogen-bond donors (Lipinski definition) is 0.